The molecule has 7 heteroatoms. The number of piperidine rings is 1. The van der Waals surface area contributed by atoms with Gasteiger partial charge in [-0.05, 0) is 37.8 Å². The van der Waals surface area contributed by atoms with Crippen molar-refractivity contribution in [1.29, 1.82) is 0 Å². The number of rotatable bonds is 4. The van der Waals surface area contributed by atoms with E-state index in [1.54, 1.807) is 11.0 Å². The average Bonchev–Trinajstić information content (AvgIpc) is 3.12. The van der Waals surface area contributed by atoms with Crippen LogP contribution in [0.5, 0.6) is 0 Å². The van der Waals surface area contributed by atoms with Crippen LogP contribution in [0.4, 0.5) is 0 Å². The molecule has 0 aromatic carbocycles. The van der Waals surface area contributed by atoms with Gasteiger partial charge >= 0.3 is 0 Å². The van der Waals surface area contributed by atoms with E-state index in [4.69, 9.17) is 4.42 Å². The van der Waals surface area contributed by atoms with Crippen molar-refractivity contribution in [2.75, 3.05) is 13.1 Å². The zero-order valence-electron chi connectivity index (χ0n) is 13.3. The Hall–Kier alpha value is -2.57. The summed E-state index contributed by atoms with van der Waals surface area (Å²) < 4.78 is 4.96. The van der Waals surface area contributed by atoms with Crippen molar-refractivity contribution >= 4 is 11.8 Å². The van der Waals surface area contributed by atoms with Crippen LogP contribution in [0.15, 0.2) is 29.1 Å². The van der Waals surface area contributed by atoms with Gasteiger partial charge in [0.25, 0.3) is 11.8 Å². The van der Waals surface area contributed by atoms with Crippen LogP contribution < -0.4 is 5.32 Å². The lowest BCUT2D eigenvalue weighted by molar-refractivity contribution is 0.0697. The Morgan fingerprint density at radius 1 is 1.25 bits per heavy atom. The minimum absolute atomic E-state index is 0.0186. The third-order valence-corrected chi connectivity index (χ3v) is 4.73. The number of aromatic nitrogens is 2. The second-order valence-electron chi connectivity index (χ2n) is 6.53. The predicted molar refractivity (Wildman–Crippen MR) is 85.7 cm³/mol. The highest BCUT2D eigenvalue weighted by molar-refractivity contribution is 5.94. The zero-order chi connectivity index (χ0) is 16.5. The molecule has 7 nitrogen and oxygen atoms in total. The molecule has 0 radical (unpaired) electrons. The normalized spacial score (nSPS) is 18.6. The molecule has 126 valence electrons. The largest absolute Gasteiger partial charge is 0.472 e. The zero-order valence-corrected chi connectivity index (χ0v) is 13.3. The van der Waals surface area contributed by atoms with Crippen molar-refractivity contribution in [3.63, 3.8) is 0 Å². The molecule has 24 heavy (non-hydrogen) atoms. The van der Waals surface area contributed by atoms with E-state index < -0.39 is 0 Å². The fraction of sp³-hybridized carbons (Fsp3) is 0.471. The molecule has 3 heterocycles. The third kappa shape index (κ3) is 3.06. The van der Waals surface area contributed by atoms with Gasteiger partial charge in [0.1, 0.15) is 12.0 Å². The Balaban J connectivity index is 1.29. The van der Waals surface area contributed by atoms with E-state index in [-0.39, 0.29) is 17.9 Å². The Labute approximate surface area is 139 Å². The highest BCUT2D eigenvalue weighted by Gasteiger charge is 2.28. The second kappa shape index (κ2) is 6.14. The summed E-state index contributed by atoms with van der Waals surface area (Å²) in [5.41, 5.74) is 2.08. The quantitative estimate of drug-likeness (QED) is 0.897. The molecule has 0 unspecified atom stereocenters. The standard InChI is InChI=1S/C17H20N4O3/c22-16(15-9-14(19-20-15)11-1-2-11)18-13-3-6-21(7-4-13)17(23)12-5-8-24-10-12/h5,8-11,13H,1-4,6-7H2,(H,18,22)(H,19,20). The molecule has 1 aliphatic heterocycles. The number of carbonyl (C=O) groups excluding carboxylic acids is 2. The first-order valence-corrected chi connectivity index (χ1v) is 8.38. The van der Waals surface area contributed by atoms with Gasteiger partial charge in [0.05, 0.1) is 11.8 Å². The summed E-state index contributed by atoms with van der Waals surface area (Å²) in [6.45, 7) is 1.26. The molecule has 2 aliphatic rings. The number of carbonyl (C=O) groups is 2. The van der Waals surface area contributed by atoms with Gasteiger partial charge in [-0.15, -0.1) is 0 Å². The van der Waals surface area contributed by atoms with Crippen LogP contribution in [-0.4, -0.2) is 46.0 Å². The van der Waals surface area contributed by atoms with Gasteiger partial charge in [0.15, 0.2) is 0 Å². The number of hydrogen-bond acceptors (Lipinski definition) is 4. The first-order chi connectivity index (χ1) is 11.7. The van der Waals surface area contributed by atoms with Crippen LogP contribution in [0.2, 0.25) is 0 Å². The van der Waals surface area contributed by atoms with Gasteiger partial charge < -0.3 is 14.6 Å². The molecule has 1 aliphatic carbocycles. The van der Waals surface area contributed by atoms with E-state index in [1.165, 1.54) is 25.4 Å². The Kier molecular flexibility index (Phi) is 3.84. The molecule has 2 N–H and O–H groups in total. The number of likely N-dealkylation sites (tertiary alicyclic amines) is 1. The minimum atomic E-state index is -0.141. The summed E-state index contributed by atoms with van der Waals surface area (Å²) in [6, 6.07) is 3.60. The molecular formula is C17H20N4O3. The van der Waals surface area contributed by atoms with Crippen LogP contribution in [0, 0.1) is 0 Å². The summed E-state index contributed by atoms with van der Waals surface area (Å²) in [7, 11) is 0. The van der Waals surface area contributed by atoms with E-state index in [2.05, 4.69) is 15.5 Å². The minimum Gasteiger partial charge on any atom is -0.472 e. The molecule has 2 amide bonds. The smallest absolute Gasteiger partial charge is 0.271 e. The van der Waals surface area contributed by atoms with E-state index in [1.807, 2.05) is 6.07 Å². The molecule has 2 fully saturated rings. The molecular weight excluding hydrogens is 308 g/mol. The summed E-state index contributed by atoms with van der Waals surface area (Å²) in [5.74, 6) is 0.392. The number of amides is 2. The molecule has 1 saturated heterocycles. The van der Waals surface area contributed by atoms with Gasteiger partial charge in [-0.2, -0.15) is 5.10 Å². The van der Waals surface area contributed by atoms with E-state index in [9.17, 15) is 9.59 Å². The predicted octanol–water partition coefficient (Wildman–Crippen LogP) is 1.91. The maximum atomic E-state index is 12.3. The third-order valence-electron chi connectivity index (χ3n) is 4.73. The maximum Gasteiger partial charge on any atom is 0.271 e. The summed E-state index contributed by atoms with van der Waals surface area (Å²) in [4.78, 5) is 26.3. The monoisotopic (exact) mass is 328 g/mol. The van der Waals surface area contributed by atoms with Gasteiger partial charge in [0, 0.05) is 30.7 Å². The van der Waals surface area contributed by atoms with E-state index in [0.29, 0.717) is 30.3 Å². The van der Waals surface area contributed by atoms with Crippen molar-refractivity contribution < 1.29 is 14.0 Å². The number of nitrogens with one attached hydrogen (secondary N) is 2. The maximum absolute atomic E-state index is 12.3. The lowest BCUT2D eigenvalue weighted by atomic mass is 10.0. The van der Waals surface area contributed by atoms with E-state index >= 15 is 0 Å². The number of H-pyrrole nitrogens is 1. The first kappa shape index (κ1) is 15.0. The van der Waals surface area contributed by atoms with Gasteiger partial charge in [-0.25, -0.2) is 0 Å². The van der Waals surface area contributed by atoms with Crippen LogP contribution in [-0.2, 0) is 0 Å². The van der Waals surface area contributed by atoms with Crippen LogP contribution >= 0.6 is 0 Å². The SMILES string of the molecule is O=C(NC1CCN(C(=O)c2ccoc2)CC1)c1cc(C2CC2)[nH]n1. The molecule has 2 aromatic heterocycles. The van der Waals surface area contributed by atoms with Crippen molar-refractivity contribution in [3.8, 4) is 0 Å². The highest BCUT2D eigenvalue weighted by atomic mass is 16.3. The molecule has 0 atom stereocenters. The molecule has 1 saturated carbocycles. The van der Waals surface area contributed by atoms with Crippen molar-refractivity contribution in [2.45, 2.75) is 37.6 Å². The molecule has 4 rings (SSSR count). The van der Waals surface area contributed by atoms with Crippen molar-refractivity contribution in [1.82, 2.24) is 20.4 Å². The Morgan fingerprint density at radius 3 is 2.71 bits per heavy atom. The van der Waals surface area contributed by atoms with Gasteiger partial charge in [-0.1, -0.05) is 0 Å². The second-order valence-corrected chi connectivity index (χ2v) is 6.53. The van der Waals surface area contributed by atoms with E-state index in [0.717, 1.165) is 18.5 Å². The Bertz CT molecular complexity index is 725. The Morgan fingerprint density at radius 2 is 2.04 bits per heavy atom. The molecule has 2 aromatic rings. The first-order valence-electron chi connectivity index (χ1n) is 8.38. The lowest BCUT2D eigenvalue weighted by Crippen LogP contribution is -2.46. The molecule has 0 spiro atoms. The fourth-order valence-electron chi connectivity index (χ4n) is 3.11. The number of hydrogen-bond donors (Lipinski definition) is 2. The molecule has 0 bridgehead atoms. The van der Waals surface area contributed by atoms with Crippen molar-refractivity contribution in [2.24, 2.45) is 0 Å². The summed E-state index contributed by atoms with van der Waals surface area (Å²) in [5, 5.41) is 10.1. The van der Waals surface area contributed by atoms with Crippen molar-refractivity contribution in [3.05, 3.63) is 41.6 Å². The summed E-state index contributed by atoms with van der Waals surface area (Å²) in [6.07, 6.45) is 6.80. The average molecular weight is 328 g/mol. The topological polar surface area (TPSA) is 91.2 Å². The van der Waals surface area contributed by atoms with Crippen LogP contribution in [0.3, 0.4) is 0 Å². The van der Waals surface area contributed by atoms with Gasteiger partial charge in [-0.3, -0.25) is 14.7 Å². The lowest BCUT2D eigenvalue weighted by Gasteiger charge is -2.32. The number of aromatic amines is 1. The van der Waals surface area contributed by atoms with Crippen LogP contribution in [0.25, 0.3) is 0 Å². The van der Waals surface area contributed by atoms with Crippen LogP contribution in [0.1, 0.15) is 58.1 Å². The fourth-order valence-corrected chi connectivity index (χ4v) is 3.11. The van der Waals surface area contributed by atoms with Gasteiger partial charge in [0.2, 0.25) is 0 Å². The number of nitrogens with zero attached hydrogens (tertiary/aromatic N) is 2. The number of furan rings is 1. The highest BCUT2D eigenvalue weighted by Crippen LogP contribution is 2.38. The summed E-state index contributed by atoms with van der Waals surface area (Å²) >= 11 is 0.